The summed E-state index contributed by atoms with van der Waals surface area (Å²) in [5, 5.41) is 9.19. The Kier molecular flexibility index (Phi) is 5.78. The summed E-state index contributed by atoms with van der Waals surface area (Å²) in [7, 11) is 0. The van der Waals surface area contributed by atoms with E-state index in [-0.39, 0.29) is 11.5 Å². The molecule has 0 rings (SSSR count). The van der Waals surface area contributed by atoms with Gasteiger partial charge in [0.25, 0.3) is 0 Å². The molecule has 1 unspecified atom stereocenters. The molecule has 0 bridgehead atoms. The Bertz CT molecular complexity index is 209. The molecule has 1 nitrogen and oxygen atoms in total. The zero-order valence-corrected chi connectivity index (χ0v) is 10.2. The number of hydrogen-bond acceptors (Lipinski definition) is 1. The Hall–Kier alpha value is -0.560. The van der Waals surface area contributed by atoms with E-state index in [4.69, 9.17) is 0 Å². The van der Waals surface area contributed by atoms with E-state index in [9.17, 15) is 5.11 Å². The van der Waals surface area contributed by atoms with Gasteiger partial charge in [-0.05, 0) is 30.8 Å². The van der Waals surface area contributed by atoms with Crippen LogP contribution in [0, 0.1) is 5.41 Å². The minimum atomic E-state index is -0.358. The van der Waals surface area contributed by atoms with Crippen molar-refractivity contribution in [3.63, 3.8) is 0 Å². The van der Waals surface area contributed by atoms with Crippen LogP contribution < -0.4 is 0 Å². The molecular weight excluding hydrogens is 172 g/mol. The van der Waals surface area contributed by atoms with Crippen molar-refractivity contribution in [2.45, 2.75) is 53.6 Å². The minimum Gasteiger partial charge on any atom is -0.389 e. The largest absolute Gasteiger partial charge is 0.389 e. The lowest BCUT2D eigenvalue weighted by Gasteiger charge is -2.24. The average Bonchev–Trinajstić information content (AvgIpc) is 2.11. The van der Waals surface area contributed by atoms with E-state index >= 15 is 0 Å². The van der Waals surface area contributed by atoms with Crippen LogP contribution in [-0.4, -0.2) is 11.2 Å². The maximum atomic E-state index is 9.19. The van der Waals surface area contributed by atoms with Crippen molar-refractivity contribution < 1.29 is 5.11 Å². The van der Waals surface area contributed by atoms with Crippen molar-refractivity contribution in [2.24, 2.45) is 5.41 Å². The van der Waals surface area contributed by atoms with Gasteiger partial charge in [0.2, 0.25) is 0 Å². The van der Waals surface area contributed by atoms with E-state index in [0.717, 1.165) is 12.8 Å². The van der Waals surface area contributed by atoms with Gasteiger partial charge in [-0.1, -0.05) is 45.9 Å². The van der Waals surface area contributed by atoms with Crippen molar-refractivity contribution in [3.8, 4) is 0 Å². The molecule has 0 spiro atoms. The lowest BCUT2D eigenvalue weighted by Crippen LogP contribution is -2.12. The topological polar surface area (TPSA) is 20.2 Å². The molecule has 0 saturated heterocycles. The molecule has 0 fully saturated rings. The molecule has 0 heterocycles. The smallest absolute Gasteiger partial charge is 0.0695 e. The van der Waals surface area contributed by atoms with Crippen LogP contribution in [0.15, 0.2) is 23.8 Å². The second kappa shape index (κ2) is 6.02. The fourth-order valence-electron chi connectivity index (χ4n) is 1.24. The van der Waals surface area contributed by atoms with E-state index in [1.54, 1.807) is 6.92 Å². The fourth-order valence-corrected chi connectivity index (χ4v) is 1.24. The van der Waals surface area contributed by atoms with Gasteiger partial charge in [-0.2, -0.15) is 0 Å². The standard InChI is InChI=1S/C13H24O/c1-6-8-12(10-9-11(3)14)13(4,5)7-2/h8-11,14H,6-7H2,1-5H3/b10-9+,12-8+. The molecule has 0 aromatic heterocycles. The molecular formula is C13H24O. The SMILES string of the molecule is CC/C=C(\C=C\C(C)O)C(C)(C)CC. The molecule has 0 radical (unpaired) electrons. The summed E-state index contributed by atoms with van der Waals surface area (Å²) in [6.07, 6.45) is 7.94. The van der Waals surface area contributed by atoms with Gasteiger partial charge in [-0.3, -0.25) is 0 Å². The van der Waals surface area contributed by atoms with Crippen molar-refractivity contribution >= 4 is 0 Å². The molecule has 0 aromatic rings. The van der Waals surface area contributed by atoms with Gasteiger partial charge in [0, 0.05) is 0 Å². The normalized spacial score (nSPS) is 16.3. The minimum absolute atomic E-state index is 0.210. The van der Waals surface area contributed by atoms with Gasteiger partial charge < -0.3 is 5.11 Å². The van der Waals surface area contributed by atoms with Crippen LogP contribution in [0.4, 0.5) is 0 Å². The summed E-state index contributed by atoms with van der Waals surface area (Å²) in [6.45, 7) is 10.6. The first-order chi connectivity index (χ1) is 6.44. The van der Waals surface area contributed by atoms with Crippen molar-refractivity contribution in [3.05, 3.63) is 23.8 Å². The van der Waals surface area contributed by atoms with Crippen LogP contribution in [0.5, 0.6) is 0 Å². The number of allylic oxidation sites excluding steroid dienone is 3. The molecule has 82 valence electrons. The average molecular weight is 196 g/mol. The van der Waals surface area contributed by atoms with Crippen molar-refractivity contribution in [1.29, 1.82) is 0 Å². The number of hydrogen-bond donors (Lipinski definition) is 1. The monoisotopic (exact) mass is 196 g/mol. The summed E-state index contributed by atoms with van der Waals surface area (Å²) < 4.78 is 0. The zero-order valence-electron chi connectivity index (χ0n) is 10.2. The molecule has 1 heteroatoms. The highest BCUT2D eigenvalue weighted by molar-refractivity contribution is 5.25. The van der Waals surface area contributed by atoms with Crippen molar-refractivity contribution in [2.75, 3.05) is 0 Å². The second-order valence-corrected chi connectivity index (χ2v) is 4.40. The highest BCUT2D eigenvalue weighted by Crippen LogP contribution is 2.31. The number of aliphatic hydroxyl groups is 1. The molecule has 14 heavy (non-hydrogen) atoms. The molecule has 0 saturated carbocycles. The van der Waals surface area contributed by atoms with Crippen LogP contribution in [0.2, 0.25) is 0 Å². The quantitative estimate of drug-likeness (QED) is 0.665. The first kappa shape index (κ1) is 13.4. The van der Waals surface area contributed by atoms with Gasteiger partial charge in [-0.15, -0.1) is 0 Å². The predicted octanol–water partition coefficient (Wildman–Crippen LogP) is 3.70. The number of rotatable bonds is 5. The van der Waals surface area contributed by atoms with Crippen LogP contribution in [0.3, 0.4) is 0 Å². The predicted molar refractivity (Wildman–Crippen MR) is 63.3 cm³/mol. The van der Waals surface area contributed by atoms with Crippen LogP contribution >= 0.6 is 0 Å². The van der Waals surface area contributed by atoms with Gasteiger partial charge >= 0.3 is 0 Å². The van der Waals surface area contributed by atoms with Gasteiger partial charge in [-0.25, -0.2) is 0 Å². The lowest BCUT2D eigenvalue weighted by molar-refractivity contribution is 0.244. The summed E-state index contributed by atoms with van der Waals surface area (Å²) in [5.41, 5.74) is 1.53. The van der Waals surface area contributed by atoms with Crippen LogP contribution in [0.1, 0.15) is 47.5 Å². The second-order valence-electron chi connectivity index (χ2n) is 4.40. The third kappa shape index (κ3) is 4.61. The van der Waals surface area contributed by atoms with Crippen LogP contribution in [-0.2, 0) is 0 Å². The molecule has 0 aliphatic heterocycles. The molecule has 0 aromatic carbocycles. The third-order valence-corrected chi connectivity index (χ3v) is 2.64. The molecule has 0 amide bonds. The van der Waals surface area contributed by atoms with E-state index in [1.807, 2.05) is 6.08 Å². The Balaban J connectivity index is 4.70. The first-order valence-electron chi connectivity index (χ1n) is 5.51. The first-order valence-corrected chi connectivity index (χ1v) is 5.51. The van der Waals surface area contributed by atoms with E-state index in [0.29, 0.717) is 0 Å². The lowest BCUT2D eigenvalue weighted by atomic mass is 9.81. The van der Waals surface area contributed by atoms with E-state index in [1.165, 1.54) is 5.57 Å². The van der Waals surface area contributed by atoms with E-state index in [2.05, 4.69) is 39.8 Å². The van der Waals surface area contributed by atoms with Gasteiger partial charge in [0.1, 0.15) is 0 Å². The molecule has 1 N–H and O–H groups in total. The van der Waals surface area contributed by atoms with Crippen LogP contribution in [0.25, 0.3) is 0 Å². The highest BCUT2D eigenvalue weighted by atomic mass is 16.3. The van der Waals surface area contributed by atoms with Gasteiger partial charge in [0.05, 0.1) is 6.10 Å². The summed E-state index contributed by atoms with van der Waals surface area (Å²) in [6, 6.07) is 0. The summed E-state index contributed by atoms with van der Waals surface area (Å²) >= 11 is 0. The maximum Gasteiger partial charge on any atom is 0.0695 e. The Morgan fingerprint density at radius 2 is 1.93 bits per heavy atom. The molecule has 0 aliphatic carbocycles. The maximum absolute atomic E-state index is 9.19. The summed E-state index contributed by atoms with van der Waals surface area (Å²) in [4.78, 5) is 0. The molecule has 1 atom stereocenters. The Labute approximate surface area is 88.5 Å². The van der Waals surface area contributed by atoms with Crippen molar-refractivity contribution in [1.82, 2.24) is 0 Å². The fraction of sp³-hybridized carbons (Fsp3) is 0.692. The number of aliphatic hydroxyl groups excluding tert-OH is 1. The third-order valence-electron chi connectivity index (χ3n) is 2.64. The highest BCUT2D eigenvalue weighted by Gasteiger charge is 2.18. The Morgan fingerprint density at radius 3 is 2.29 bits per heavy atom. The van der Waals surface area contributed by atoms with E-state index < -0.39 is 0 Å². The summed E-state index contributed by atoms with van der Waals surface area (Å²) in [5.74, 6) is 0. The van der Waals surface area contributed by atoms with Gasteiger partial charge in [0.15, 0.2) is 0 Å². The zero-order chi connectivity index (χ0) is 11.2. The molecule has 0 aliphatic rings. The Morgan fingerprint density at radius 1 is 1.36 bits per heavy atom.